The van der Waals surface area contributed by atoms with Crippen LogP contribution in [0.4, 0.5) is 5.82 Å². The second-order valence-corrected chi connectivity index (χ2v) is 7.02. The summed E-state index contributed by atoms with van der Waals surface area (Å²) in [5, 5.41) is 11.6. The number of rotatable bonds is 3. The van der Waals surface area contributed by atoms with E-state index in [0.717, 1.165) is 34.3 Å². The summed E-state index contributed by atoms with van der Waals surface area (Å²) in [5.41, 5.74) is 3.37. The highest BCUT2D eigenvalue weighted by Crippen LogP contribution is 2.34. The summed E-state index contributed by atoms with van der Waals surface area (Å²) >= 11 is 1.80. The zero-order valence-corrected chi connectivity index (χ0v) is 14.5. The van der Waals surface area contributed by atoms with Crippen molar-refractivity contribution >= 4 is 29.3 Å². The number of fused-ring (bicyclic) bond motifs is 2. The van der Waals surface area contributed by atoms with Gasteiger partial charge in [0.05, 0.1) is 11.4 Å². The van der Waals surface area contributed by atoms with Gasteiger partial charge < -0.3 is 5.32 Å². The van der Waals surface area contributed by atoms with Gasteiger partial charge in [-0.2, -0.15) is 26.9 Å². The predicted octanol–water partition coefficient (Wildman–Crippen LogP) is 1.98. The number of nitrogens with one attached hydrogen (secondary N) is 1. The second kappa shape index (κ2) is 5.59. The number of nitrogens with zero attached hydrogens (tertiary/aromatic N) is 6. The van der Waals surface area contributed by atoms with Gasteiger partial charge in [-0.15, -0.1) is 0 Å². The molecule has 0 radical (unpaired) electrons. The van der Waals surface area contributed by atoms with Crippen LogP contribution in [0.5, 0.6) is 0 Å². The Hall–Kier alpha value is -2.42. The van der Waals surface area contributed by atoms with Gasteiger partial charge in [0.25, 0.3) is 11.7 Å². The Morgan fingerprint density at radius 2 is 2.21 bits per heavy atom. The molecule has 8 nitrogen and oxygen atoms in total. The van der Waals surface area contributed by atoms with Gasteiger partial charge in [-0.1, -0.05) is 13.8 Å². The molecule has 4 rings (SSSR count). The van der Waals surface area contributed by atoms with E-state index < -0.39 is 0 Å². The van der Waals surface area contributed by atoms with E-state index in [0.29, 0.717) is 11.5 Å². The van der Waals surface area contributed by atoms with Gasteiger partial charge in [0.2, 0.25) is 0 Å². The van der Waals surface area contributed by atoms with E-state index in [1.807, 2.05) is 20.9 Å². The lowest BCUT2D eigenvalue weighted by molar-refractivity contribution is 0.102. The third-order valence-corrected chi connectivity index (χ3v) is 5.02. The van der Waals surface area contributed by atoms with Crippen LogP contribution < -0.4 is 5.32 Å². The van der Waals surface area contributed by atoms with Crippen molar-refractivity contribution in [2.24, 2.45) is 7.05 Å². The SMILES string of the molecule is CC(C)c1cc(C(=O)Nc2c3c(nn2C)CSC3)nc2ncnn12. The number of amides is 1. The van der Waals surface area contributed by atoms with Crippen molar-refractivity contribution in [3.63, 3.8) is 0 Å². The standard InChI is InChI=1S/C15H17N7OS/c1-8(2)12-4-10(18-15-16-7-17-22(12)15)14(23)19-13-9-5-24-6-11(9)20-21(13)3/h4,7-8H,5-6H2,1-3H3,(H,19,23). The molecule has 0 saturated carbocycles. The molecular formula is C15H17N7OS. The van der Waals surface area contributed by atoms with Crippen LogP contribution in [-0.2, 0) is 18.6 Å². The molecule has 0 spiro atoms. The Morgan fingerprint density at radius 3 is 3.00 bits per heavy atom. The minimum absolute atomic E-state index is 0.195. The maximum absolute atomic E-state index is 12.7. The van der Waals surface area contributed by atoms with E-state index >= 15 is 0 Å². The predicted molar refractivity (Wildman–Crippen MR) is 91.0 cm³/mol. The number of carbonyl (C=O) groups is 1. The minimum atomic E-state index is -0.259. The van der Waals surface area contributed by atoms with Crippen LogP contribution >= 0.6 is 11.8 Å². The first kappa shape index (κ1) is 15.1. The maximum atomic E-state index is 12.7. The Labute approximate surface area is 142 Å². The topological polar surface area (TPSA) is 90.0 Å². The first-order chi connectivity index (χ1) is 11.5. The van der Waals surface area contributed by atoms with Crippen LogP contribution in [0.25, 0.3) is 5.78 Å². The molecule has 0 bridgehead atoms. The van der Waals surface area contributed by atoms with Crippen molar-refractivity contribution < 1.29 is 4.79 Å². The lowest BCUT2D eigenvalue weighted by Crippen LogP contribution is -2.18. The molecule has 1 aliphatic heterocycles. The van der Waals surface area contributed by atoms with E-state index in [9.17, 15) is 4.79 Å². The molecule has 1 amide bonds. The number of thioether (sulfide) groups is 1. The van der Waals surface area contributed by atoms with Crippen molar-refractivity contribution in [1.29, 1.82) is 0 Å². The quantitative estimate of drug-likeness (QED) is 0.782. The molecule has 24 heavy (non-hydrogen) atoms. The van der Waals surface area contributed by atoms with E-state index in [1.165, 1.54) is 6.33 Å². The number of anilines is 1. The molecule has 124 valence electrons. The monoisotopic (exact) mass is 343 g/mol. The fourth-order valence-corrected chi connectivity index (χ4v) is 3.87. The number of aryl methyl sites for hydroxylation is 1. The summed E-state index contributed by atoms with van der Waals surface area (Å²) in [6, 6.07) is 1.77. The first-order valence-corrected chi connectivity index (χ1v) is 8.84. The molecule has 9 heteroatoms. The molecule has 4 heterocycles. The van der Waals surface area contributed by atoms with Crippen molar-refractivity contribution in [2.45, 2.75) is 31.3 Å². The van der Waals surface area contributed by atoms with Crippen LogP contribution in [0, 0.1) is 0 Å². The average Bonchev–Trinajstić information content (AvgIpc) is 3.24. The van der Waals surface area contributed by atoms with Gasteiger partial charge >= 0.3 is 0 Å². The van der Waals surface area contributed by atoms with Crippen LogP contribution in [0.2, 0.25) is 0 Å². The Balaban J connectivity index is 1.71. The Bertz CT molecular complexity index is 943. The van der Waals surface area contributed by atoms with Gasteiger partial charge in [0.1, 0.15) is 17.8 Å². The Morgan fingerprint density at radius 1 is 1.38 bits per heavy atom. The molecule has 0 saturated heterocycles. The fourth-order valence-electron chi connectivity index (χ4n) is 2.83. The molecule has 1 aliphatic rings. The van der Waals surface area contributed by atoms with Crippen molar-refractivity contribution in [3.8, 4) is 0 Å². The average molecular weight is 343 g/mol. The highest BCUT2D eigenvalue weighted by Gasteiger charge is 2.24. The van der Waals surface area contributed by atoms with Crippen LogP contribution in [0.3, 0.4) is 0 Å². The molecule has 1 N–H and O–H groups in total. The summed E-state index contributed by atoms with van der Waals surface area (Å²) in [4.78, 5) is 21.2. The lowest BCUT2D eigenvalue weighted by atomic mass is 10.1. The molecule has 0 atom stereocenters. The molecule has 0 aromatic carbocycles. The van der Waals surface area contributed by atoms with Gasteiger partial charge in [-0.05, 0) is 12.0 Å². The number of aromatic nitrogens is 6. The molecule has 3 aromatic rings. The van der Waals surface area contributed by atoms with Crippen LogP contribution in [-0.4, -0.2) is 35.3 Å². The van der Waals surface area contributed by atoms with Crippen molar-refractivity contribution in [3.05, 3.63) is 35.0 Å². The summed E-state index contributed by atoms with van der Waals surface area (Å²) in [7, 11) is 1.84. The summed E-state index contributed by atoms with van der Waals surface area (Å²) in [5.74, 6) is 2.87. The summed E-state index contributed by atoms with van der Waals surface area (Å²) in [6.07, 6.45) is 1.45. The van der Waals surface area contributed by atoms with E-state index in [2.05, 4.69) is 25.5 Å². The zero-order chi connectivity index (χ0) is 16.8. The molecular weight excluding hydrogens is 326 g/mol. The maximum Gasteiger partial charge on any atom is 0.275 e. The third-order valence-electron chi connectivity index (χ3n) is 4.05. The summed E-state index contributed by atoms with van der Waals surface area (Å²) < 4.78 is 3.39. The molecule has 0 unspecified atom stereocenters. The number of hydrogen-bond acceptors (Lipinski definition) is 6. The third kappa shape index (κ3) is 2.35. The van der Waals surface area contributed by atoms with Crippen LogP contribution in [0.15, 0.2) is 12.4 Å². The lowest BCUT2D eigenvalue weighted by Gasteiger charge is -2.11. The largest absolute Gasteiger partial charge is 0.305 e. The van der Waals surface area contributed by atoms with E-state index in [4.69, 9.17) is 0 Å². The Kier molecular flexibility index (Phi) is 3.52. The molecule has 0 aliphatic carbocycles. The fraction of sp³-hybridized carbons (Fsp3) is 0.400. The molecule has 0 fully saturated rings. The van der Waals surface area contributed by atoms with Gasteiger partial charge in [-0.3, -0.25) is 9.48 Å². The van der Waals surface area contributed by atoms with E-state index in [-0.39, 0.29) is 11.8 Å². The van der Waals surface area contributed by atoms with Gasteiger partial charge in [0.15, 0.2) is 0 Å². The number of carbonyl (C=O) groups excluding carboxylic acids is 1. The van der Waals surface area contributed by atoms with Gasteiger partial charge in [-0.25, -0.2) is 9.50 Å². The number of hydrogen-bond donors (Lipinski definition) is 1. The normalized spacial score (nSPS) is 13.7. The van der Waals surface area contributed by atoms with E-state index in [1.54, 1.807) is 27.0 Å². The zero-order valence-electron chi connectivity index (χ0n) is 13.6. The van der Waals surface area contributed by atoms with Crippen LogP contribution in [0.1, 0.15) is 47.2 Å². The summed E-state index contributed by atoms with van der Waals surface area (Å²) in [6.45, 7) is 4.09. The van der Waals surface area contributed by atoms with Crippen molar-refractivity contribution in [1.82, 2.24) is 29.4 Å². The second-order valence-electron chi connectivity index (χ2n) is 6.04. The minimum Gasteiger partial charge on any atom is -0.305 e. The van der Waals surface area contributed by atoms with Gasteiger partial charge in [0, 0.05) is 24.1 Å². The smallest absolute Gasteiger partial charge is 0.275 e. The van der Waals surface area contributed by atoms with Crippen molar-refractivity contribution in [2.75, 3.05) is 5.32 Å². The molecule has 3 aromatic heterocycles. The highest BCUT2D eigenvalue weighted by atomic mass is 32.2. The highest BCUT2D eigenvalue weighted by molar-refractivity contribution is 7.98. The first-order valence-electron chi connectivity index (χ1n) is 7.69.